The molecule has 13 heavy (non-hydrogen) atoms. The molecule has 0 aromatic heterocycles. The van der Waals surface area contributed by atoms with Crippen LogP contribution < -0.4 is 5.73 Å². The first-order valence-corrected chi connectivity index (χ1v) is 5.05. The molecule has 0 amide bonds. The largest absolute Gasteiger partial charge is 0.461 e. The van der Waals surface area contributed by atoms with Gasteiger partial charge >= 0.3 is 5.97 Å². The highest BCUT2D eigenvalue weighted by atomic mass is 16.5. The molecule has 1 aliphatic carbocycles. The lowest BCUT2D eigenvalue weighted by Crippen LogP contribution is -2.37. The molecule has 0 radical (unpaired) electrons. The van der Waals surface area contributed by atoms with E-state index in [1.807, 2.05) is 0 Å². The predicted molar refractivity (Wildman–Crippen MR) is 51.2 cm³/mol. The second-order valence-corrected chi connectivity index (χ2v) is 4.23. The fourth-order valence-corrected chi connectivity index (χ4v) is 1.34. The van der Waals surface area contributed by atoms with E-state index >= 15 is 0 Å². The van der Waals surface area contributed by atoms with Gasteiger partial charge in [-0.2, -0.15) is 0 Å². The van der Waals surface area contributed by atoms with Crippen LogP contribution in [-0.2, 0) is 9.53 Å². The van der Waals surface area contributed by atoms with E-state index in [2.05, 4.69) is 13.8 Å². The molecular formula is C10H19NO2. The van der Waals surface area contributed by atoms with Crippen molar-refractivity contribution in [3.63, 3.8) is 0 Å². The van der Waals surface area contributed by atoms with E-state index in [9.17, 15) is 4.79 Å². The fraction of sp³-hybridized carbons (Fsp3) is 0.900. The van der Waals surface area contributed by atoms with E-state index in [1.54, 1.807) is 0 Å². The maximum atomic E-state index is 11.3. The van der Waals surface area contributed by atoms with Gasteiger partial charge in [0.2, 0.25) is 0 Å². The summed E-state index contributed by atoms with van der Waals surface area (Å²) >= 11 is 0. The number of hydrogen-bond acceptors (Lipinski definition) is 3. The van der Waals surface area contributed by atoms with E-state index in [4.69, 9.17) is 10.5 Å². The topological polar surface area (TPSA) is 52.3 Å². The second kappa shape index (κ2) is 4.61. The average Bonchev–Trinajstić information content (AvgIpc) is 1.94. The van der Waals surface area contributed by atoms with Crippen molar-refractivity contribution in [1.29, 1.82) is 0 Å². The maximum Gasteiger partial charge on any atom is 0.323 e. The molecule has 0 aromatic rings. The molecule has 1 fully saturated rings. The SMILES string of the molecule is CC(C)C[C@H](N)C(=O)OC1CCC1. The monoisotopic (exact) mass is 185 g/mol. The molecule has 0 bridgehead atoms. The van der Waals surface area contributed by atoms with Crippen molar-refractivity contribution in [3.05, 3.63) is 0 Å². The molecule has 76 valence electrons. The standard InChI is InChI=1S/C10H19NO2/c1-7(2)6-9(11)10(12)13-8-4-3-5-8/h7-9H,3-6,11H2,1-2H3/t9-/m0/s1. The van der Waals surface area contributed by atoms with E-state index in [0.29, 0.717) is 12.3 Å². The van der Waals surface area contributed by atoms with E-state index < -0.39 is 6.04 Å². The van der Waals surface area contributed by atoms with E-state index in [0.717, 1.165) is 12.8 Å². The molecule has 0 saturated heterocycles. The molecule has 0 aromatic carbocycles. The van der Waals surface area contributed by atoms with Crippen LogP contribution in [0.4, 0.5) is 0 Å². The Morgan fingerprint density at radius 2 is 2.15 bits per heavy atom. The summed E-state index contributed by atoms with van der Waals surface area (Å²) in [5.41, 5.74) is 5.67. The van der Waals surface area contributed by atoms with Crippen molar-refractivity contribution < 1.29 is 9.53 Å². The molecule has 0 aliphatic heterocycles. The van der Waals surface area contributed by atoms with E-state index in [-0.39, 0.29) is 12.1 Å². The Kier molecular flexibility index (Phi) is 3.72. The number of rotatable bonds is 4. The molecule has 3 heteroatoms. The minimum absolute atomic E-state index is 0.158. The first kappa shape index (κ1) is 10.5. The predicted octanol–water partition coefficient (Wildman–Crippen LogP) is 1.46. The zero-order valence-corrected chi connectivity index (χ0v) is 8.45. The molecule has 1 aliphatic rings. The van der Waals surface area contributed by atoms with Gasteiger partial charge in [0, 0.05) is 0 Å². The molecule has 0 spiro atoms. The summed E-state index contributed by atoms with van der Waals surface area (Å²) in [6.07, 6.45) is 4.08. The highest BCUT2D eigenvalue weighted by Crippen LogP contribution is 2.22. The van der Waals surface area contributed by atoms with Gasteiger partial charge < -0.3 is 10.5 Å². The second-order valence-electron chi connectivity index (χ2n) is 4.23. The van der Waals surface area contributed by atoms with Crippen LogP contribution in [-0.4, -0.2) is 18.1 Å². The minimum atomic E-state index is -0.430. The lowest BCUT2D eigenvalue weighted by Gasteiger charge is -2.26. The summed E-state index contributed by atoms with van der Waals surface area (Å²) in [4.78, 5) is 11.3. The van der Waals surface area contributed by atoms with Crippen LogP contribution in [0.25, 0.3) is 0 Å². The zero-order valence-electron chi connectivity index (χ0n) is 8.45. The van der Waals surface area contributed by atoms with Crippen LogP contribution in [0.2, 0.25) is 0 Å². The molecule has 0 unspecified atom stereocenters. The molecule has 2 N–H and O–H groups in total. The van der Waals surface area contributed by atoms with Crippen LogP contribution in [0.15, 0.2) is 0 Å². The normalized spacial score (nSPS) is 19.7. The van der Waals surface area contributed by atoms with Gasteiger partial charge in [-0.25, -0.2) is 0 Å². The summed E-state index contributed by atoms with van der Waals surface area (Å²) in [7, 11) is 0. The number of carbonyl (C=O) groups is 1. The smallest absolute Gasteiger partial charge is 0.323 e. The Hall–Kier alpha value is -0.570. The average molecular weight is 185 g/mol. The van der Waals surface area contributed by atoms with Crippen LogP contribution in [0.5, 0.6) is 0 Å². The third kappa shape index (κ3) is 3.35. The lowest BCUT2D eigenvalue weighted by molar-refractivity contribution is -0.154. The van der Waals surface area contributed by atoms with Gasteiger partial charge in [0.1, 0.15) is 12.1 Å². The first-order chi connectivity index (χ1) is 6.09. The highest BCUT2D eigenvalue weighted by molar-refractivity contribution is 5.75. The van der Waals surface area contributed by atoms with Gasteiger partial charge in [-0.1, -0.05) is 13.8 Å². The Bertz CT molecular complexity index is 176. The molecule has 1 rings (SSSR count). The third-order valence-electron chi connectivity index (χ3n) is 2.36. The minimum Gasteiger partial charge on any atom is -0.461 e. The van der Waals surface area contributed by atoms with Gasteiger partial charge in [0.05, 0.1) is 0 Å². The number of ether oxygens (including phenoxy) is 1. The van der Waals surface area contributed by atoms with Crippen molar-refractivity contribution in [3.8, 4) is 0 Å². The van der Waals surface area contributed by atoms with Gasteiger partial charge in [-0.15, -0.1) is 0 Å². The lowest BCUT2D eigenvalue weighted by atomic mass is 9.96. The summed E-state index contributed by atoms with van der Waals surface area (Å²) in [5, 5.41) is 0. The van der Waals surface area contributed by atoms with Gasteiger partial charge in [0.15, 0.2) is 0 Å². The summed E-state index contributed by atoms with van der Waals surface area (Å²) in [6.45, 7) is 4.10. The molecule has 1 saturated carbocycles. The number of esters is 1. The number of carbonyl (C=O) groups excluding carboxylic acids is 1. The van der Waals surface area contributed by atoms with Crippen molar-refractivity contribution in [2.45, 2.75) is 51.7 Å². The zero-order chi connectivity index (χ0) is 9.84. The maximum absolute atomic E-state index is 11.3. The van der Waals surface area contributed by atoms with Crippen LogP contribution >= 0.6 is 0 Å². The summed E-state index contributed by atoms with van der Waals surface area (Å²) in [6, 6.07) is -0.430. The molecule has 0 heterocycles. The van der Waals surface area contributed by atoms with E-state index in [1.165, 1.54) is 6.42 Å². The molecular weight excluding hydrogens is 166 g/mol. The Labute approximate surface area is 79.6 Å². The van der Waals surface area contributed by atoms with Crippen molar-refractivity contribution in [2.75, 3.05) is 0 Å². The van der Waals surface area contributed by atoms with Crippen molar-refractivity contribution in [1.82, 2.24) is 0 Å². The summed E-state index contributed by atoms with van der Waals surface area (Å²) < 4.78 is 5.19. The highest BCUT2D eigenvalue weighted by Gasteiger charge is 2.25. The van der Waals surface area contributed by atoms with Crippen molar-refractivity contribution in [2.24, 2.45) is 11.7 Å². The van der Waals surface area contributed by atoms with Gasteiger partial charge in [-0.3, -0.25) is 4.79 Å². The molecule has 3 nitrogen and oxygen atoms in total. The van der Waals surface area contributed by atoms with Gasteiger partial charge in [0.25, 0.3) is 0 Å². The fourth-order valence-electron chi connectivity index (χ4n) is 1.34. The van der Waals surface area contributed by atoms with Crippen LogP contribution in [0.1, 0.15) is 39.5 Å². The Morgan fingerprint density at radius 1 is 1.54 bits per heavy atom. The first-order valence-electron chi connectivity index (χ1n) is 5.05. The Balaban J connectivity index is 2.20. The third-order valence-corrected chi connectivity index (χ3v) is 2.36. The Morgan fingerprint density at radius 3 is 2.54 bits per heavy atom. The number of hydrogen-bond donors (Lipinski definition) is 1. The van der Waals surface area contributed by atoms with Gasteiger partial charge in [-0.05, 0) is 31.6 Å². The van der Waals surface area contributed by atoms with Crippen molar-refractivity contribution >= 4 is 5.97 Å². The van der Waals surface area contributed by atoms with Crippen LogP contribution in [0.3, 0.4) is 0 Å². The number of nitrogens with two attached hydrogens (primary N) is 1. The van der Waals surface area contributed by atoms with Crippen LogP contribution in [0, 0.1) is 5.92 Å². The summed E-state index contributed by atoms with van der Waals surface area (Å²) in [5.74, 6) is 0.224. The molecule has 1 atom stereocenters. The quantitative estimate of drug-likeness (QED) is 0.674.